The van der Waals surface area contributed by atoms with Crippen molar-refractivity contribution in [3.8, 4) is 6.07 Å². The van der Waals surface area contributed by atoms with E-state index in [1.807, 2.05) is 19.9 Å². The lowest BCUT2D eigenvalue weighted by molar-refractivity contribution is -0.122. The number of nitrogens with zero attached hydrogens (tertiary/aromatic N) is 4. The van der Waals surface area contributed by atoms with Gasteiger partial charge >= 0.3 is 0 Å². The first-order chi connectivity index (χ1) is 13.4. The van der Waals surface area contributed by atoms with Crippen LogP contribution in [-0.2, 0) is 11.3 Å². The van der Waals surface area contributed by atoms with Gasteiger partial charge < -0.3 is 4.90 Å². The van der Waals surface area contributed by atoms with Crippen molar-refractivity contribution in [2.75, 3.05) is 24.5 Å². The molecule has 0 atom stereocenters. The molecule has 0 unspecified atom stereocenters. The highest BCUT2D eigenvalue weighted by atomic mass is 32.2. The number of hydrogen-bond donors (Lipinski definition) is 0. The Morgan fingerprint density at radius 2 is 1.93 bits per heavy atom. The van der Waals surface area contributed by atoms with Gasteiger partial charge in [0.1, 0.15) is 21.8 Å². The summed E-state index contributed by atoms with van der Waals surface area (Å²) in [4.78, 5) is 30.1. The van der Waals surface area contributed by atoms with Gasteiger partial charge in [0, 0.05) is 31.7 Å². The largest absolute Gasteiger partial charge is 0.357 e. The van der Waals surface area contributed by atoms with Crippen LogP contribution in [0.1, 0.15) is 49.8 Å². The van der Waals surface area contributed by atoms with Crippen LogP contribution in [0.3, 0.4) is 0 Å². The molecule has 0 aliphatic carbocycles. The van der Waals surface area contributed by atoms with E-state index in [1.165, 1.54) is 11.8 Å². The van der Waals surface area contributed by atoms with Crippen molar-refractivity contribution in [1.82, 2.24) is 9.47 Å². The maximum Gasteiger partial charge on any atom is 0.270 e. The average Bonchev–Trinajstić information content (AvgIpc) is 3.29. The third-order valence-corrected chi connectivity index (χ3v) is 6.54. The van der Waals surface area contributed by atoms with Gasteiger partial charge in [-0.1, -0.05) is 30.9 Å². The quantitative estimate of drug-likeness (QED) is 0.542. The van der Waals surface area contributed by atoms with Gasteiger partial charge in [-0.05, 0) is 44.7 Å². The SMILES string of the molecule is CCCN1C(=O)/C(=C\c2c(C)c(C#N)c(=O)n(CC)c2N2CCCC2)SC1=S. The molecule has 6 nitrogen and oxygen atoms in total. The summed E-state index contributed by atoms with van der Waals surface area (Å²) in [6, 6.07) is 2.06. The smallest absolute Gasteiger partial charge is 0.270 e. The first-order valence-corrected chi connectivity index (χ1v) is 10.8. The zero-order valence-electron chi connectivity index (χ0n) is 16.4. The highest BCUT2D eigenvalue weighted by molar-refractivity contribution is 8.26. The predicted octanol–water partition coefficient (Wildman–Crippen LogP) is 3.26. The fourth-order valence-electron chi connectivity index (χ4n) is 3.75. The maximum absolute atomic E-state index is 12.9. The number of aromatic nitrogens is 1. The first kappa shape index (κ1) is 20.6. The van der Waals surface area contributed by atoms with Gasteiger partial charge in [-0.15, -0.1) is 0 Å². The van der Waals surface area contributed by atoms with Crippen LogP contribution in [0.4, 0.5) is 5.82 Å². The summed E-state index contributed by atoms with van der Waals surface area (Å²) < 4.78 is 2.22. The third-order valence-electron chi connectivity index (χ3n) is 5.16. The van der Waals surface area contributed by atoms with Crippen molar-refractivity contribution < 1.29 is 4.79 Å². The van der Waals surface area contributed by atoms with Crippen LogP contribution in [-0.4, -0.2) is 39.3 Å². The third kappa shape index (κ3) is 3.49. The minimum absolute atomic E-state index is 0.101. The summed E-state index contributed by atoms with van der Waals surface area (Å²) in [6.45, 7) is 8.49. The molecule has 2 saturated heterocycles. The minimum atomic E-state index is -0.264. The van der Waals surface area contributed by atoms with Crippen LogP contribution in [0.25, 0.3) is 6.08 Å². The average molecular weight is 417 g/mol. The van der Waals surface area contributed by atoms with Crippen molar-refractivity contribution in [2.45, 2.75) is 46.6 Å². The number of thioether (sulfide) groups is 1. The molecular formula is C20H24N4O2S2. The summed E-state index contributed by atoms with van der Waals surface area (Å²) in [6.07, 6.45) is 4.78. The van der Waals surface area contributed by atoms with Gasteiger partial charge in [-0.25, -0.2) is 0 Å². The van der Waals surface area contributed by atoms with E-state index in [2.05, 4.69) is 11.0 Å². The van der Waals surface area contributed by atoms with Crippen molar-refractivity contribution in [1.29, 1.82) is 5.26 Å². The Morgan fingerprint density at radius 1 is 1.25 bits per heavy atom. The molecule has 0 aromatic carbocycles. The second kappa shape index (κ2) is 8.50. The predicted molar refractivity (Wildman–Crippen MR) is 117 cm³/mol. The van der Waals surface area contributed by atoms with Crippen LogP contribution in [0.15, 0.2) is 9.70 Å². The molecule has 0 bridgehead atoms. The van der Waals surface area contributed by atoms with Crippen LogP contribution in [0.2, 0.25) is 0 Å². The monoisotopic (exact) mass is 416 g/mol. The number of hydrogen-bond acceptors (Lipinski definition) is 6. The molecule has 28 heavy (non-hydrogen) atoms. The van der Waals surface area contributed by atoms with E-state index >= 15 is 0 Å². The van der Waals surface area contributed by atoms with Crippen molar-refractivity contribution >= 4 is 46.1 Å². The Kier molecular flexibility index (Phi) is 6.26. The van der Waals surface area contributed by atoms with Gasteiger partial charge in [-0.3, -0.25) is 19.1 Å². The van der Waals surface area contributed by atoms with Gasteiger partial charge in [0.2, 0.25) is 0 Å². The zero-order chi connectivity index (χ0) is 20.4. The minimum Gasteiger partial charge on any atom is -0.357 e. The normalized spacial score (nSPS) is 18.4. The standard InChI is InChI=1S/C20H24N4O2S2/c1-4-8-24-19(26)16(28-20(24)27)11-14-13(3)15(12-21)18(25)23(5-2)17(14)22-9-6-7-10-22/h11H,4-10H2,1-3H3/b16-11+. The molecular weight excluding hydrogens is 392 g/mol. The zero-order valence-corrected chi connectivity index (χ0v) is 18.1. The summed E-state index contributed by atoms with van der Waals surface area (Å²) in [5.74, 6) is 0.707. The molecule has 3 rings (SSSR count). The molecule has 0 spiro atoms. The molecule has 148 valence electrons. The van der Waals surface area contributed by atoms with E-state index in [0.29, 0.717) is 27.9 Å². The van der Waals surface area contributed by atoms with Crippen molar-refractivity contribution in [3.63, 3.8) is 0 Å². The van der Waals surface area contributed by atoms with Gasteiger partial charge in [0.25, 0.3) is 11.5 Å². The topological polar surface area (TPSA) is 69.3 Å². The summed E-state index contributed by atoms with van der Waals surface area (Å²) in [5.41, 5.74) is 1.27. The van der Waals surface area contributed by atoms with Crippen LogP contribution >= 0.6 is 24.0 Å². The van der Waals surface area contributed by atoms with Crippen molar-refractivity contribution in [2.24, 2.45) is 0 Å². The van der Waals surface area contributed by atoms with E-state index in [4.69, 9.17) is 12.2 Å². The number of carbonyl (C=O) groups excluding carboxylic acids is 1. The fraction of sp³-hybridized carbons (Fsp3) is 0.500. The highest BCUT2D eigenvalue weighted by Gasteiger charge is 2.32. The molecule has 2 aliphatic rings. The number of nitriles is 1. The van der Waals surface area contributed by atoms with Crippen LogP contribution in [0, 0.1) is 18.3 Å². The van der Waals surface area contributed by atoms with E-state index in [1.54, 1.807) is 16.4 Å². The lowest BCUT2D eigenvalue weighted by Crippen LogP contribution is -2.32. The fourth-order valence-corrected chi connectivity index (χ4v) is 5.04. The summed E-state index contributed by atoms with van der Waals surface area (Å²) in [7, 11) is 0. The molecule has 1 aromatic heterocycles. The van der Waals surface area contributed by atoms with Crippen LogP contribution < -0.4 is 10.5 Å². The van der Waals surface area contributed by atoms with E-state index in [-0.39, 0.29) is 17.0 Å². The number of rotatable bonds is 5. The molecule has 0 radical (unpaired) electrons. The Hall–Kier alpha value is -2.11. The first-order valence-electron chi connectivity index (χ1n) is 9.62. The van der Waals surface area contributed by atoms with E-state index in [0.717, 1.165) is 43.7 Å². The van der Waals surface area contributed by atoms with E-state index in [9.17, 15) is 14.9 Å². The Labute approximate surface area is 174 Å². The molecule has 0 saturated carbocycles. The summed E-state index contributed by atoms with van der Waals surface area (Å²) >= 11 is 6.66. The van der Waals surface area contributed by atoms with E-state index < -0.39 is 0 Å². The molecule has 1 amide bonds. The van der Waals surface area contributed by atoms with Gasteiger partial charge in [-0.2, -0.15) is 5.26 Å². The molecule has 0 N–H and O–H groups in total. The number of anilines is 1. The maximum atomic E-state index is 12.9. The van der Waals surface area contributed by atoms with Crippen molar-refractivity contribution in [3.05, 3.63) is 31.9 Å². The van der Waals surface area contributed by atoms with Crippen LogP contribution in [0.5, 0.6) is 0 Å². The highest BCUT2D eigenvalue weighted by Crippen LogP contribution is 2.36. The molecule has 3 heterocycles. The Morgan fingerprint density at radius 3 is 2.50 bits per heavy atom. The lowest BCUT2D eigenvalue weighted by Gasteiger charge is -2.26. The second-order valence-electron chi connectivity index (χ2n) is 6.93. The van der Waals surface area contributed by atoms with Gasteiger partial charge in [0.05, 0.1) is 4.91 Å². The second-order valence-corrected chi connectivity index (χ2v) is 8.60. The number of thiocarbonyl (C=S) groups is 1. The lowest BCUT2D eigenvalue weighted by atomic mass is 10.0. The molecule has 2 fully saturated rings. The summed E-state index contributed by atoms with van der Waals surface area (Å²) in [5, 5.41) is 9.57. The number of carbonyl (C=O) groups is 1. The molecule has 1 aromatic rings. The Bertz CT molecular complexity index is 952. The number of pyridine rings is 1. The number of amides is 1. The molecule has 2 aliphatic heterocycles. The molecule has 8 heteroatoms. The Balaban J connectivity index is 2.22. The van der Waals surface area contributed by atoms with Gasteiger partial charge in [0.15, 0.2) is 0 Å².